The van der Waals surface area contributed by atoms with Crippen LogP contribution < -0.4 is 10.2 Å². The number of hydroxylamine groups is 1. The summed E-state index contributed by atoms with van der Waals surface area (Å²) in [6.45, 7) is 1.51. The minimum absolute atomic E-state index is 0.0538. The van der Waals surface area contributed by atoms with Gasteiger partial charge in [-0.15, -0.1) is 0 Å². The average molecular weight is 416 g/mol. The van der Waals surface area contributed by atoms with Gasteiger partial charge in [-0.05, 0) is 57.4 Å². The van der Waals surface area contributed by atoms with E-state index < -0.39 is 10.5 Å². The van der Waals surface area contributed by atoms with Gasteiger partial charge in [0.2, 0.25) is 0 Å². The number of non-ortho nitro benzene ring substituents is 1. The first-order valence-electron chi connectivity index (χ1n) is 9.41. The molecule has 0 radical (unpaired) electrons. The number of nitrogens with zero attached hydrogens (tertiary/aromatic N) is 2. The number of hydrogen-bond donors (Lipinski definition) is 1. The molecule has 1 aliphatic carbocycles. The Morgan fingerprint density at radius 3 is 2.72 bits per heavy atom. The van der Waals surface area contributed by atoms with E-state index in [-0.39, 0.29) is 5.69 Å². The number of nitro groups is 1. The van der Waals surface area contributed by atoms with Crippen molar-refractivity contribution in [2.45, 2.75) is 18.4 Å². The van der Waals surface area contributed by atoms with Crippen LogP contribution in [0.3, 0.4) is 0 Å². The molecule has 0 aromatic heterocycles. The monoisotopic (exact) mass is 415 g/mol. The highest BCUT2D eigenvalue weighted by atomic mass is 35.5. The standard InChI is InChI=1S/C21H22ClN3O4/c1-24(2)10-3-11-28-23-20-17-9-6-15(22)12-19(17)29-21(13-18(20)21)14-4-7-16(8-5-14)25(26)27/h4-9,12,23H,3,10-11,13H2,1-2H3. The van der Waals surface area contributed by atoms with E-state index in [1.54, 1.807) is 18.2 Å². The molecule has 1 aliphatic heterocycles. The largest absolute Gasteiger partial charge is 0.477 e. The fourth-order valence-electron chi connectivity index (χ4n) is 3.61. The molecule has 0 amide bonds. The van der Waals surface area contributed by atoms with Crippen molar-refractivity contribution in [1.82, 2.24) is 10.4 Å². The number of halogens is 1. The van der Waals surface area contributed by atoms with Gasteiger partial charge < -0.3 is 9.64 Å². The molecule has 1 N–H and O–H groups in total. The highest BCUT2D eigenvalue weighted by Gasteiger charge is 2.58. The summed E-state index contributed by atoms with van der Waals surface area (Å²) in [5.41, 5.74) is 6.24. The Balaban J connectivity index is 1.61. The molecule has 0 bridgehead atoms. The third-order valence-corrected chi connectivity index (χ3v) is 5.39. The third-order valence-electron chi connectivity index (χ3n) is 5.16. The highest BCUT2D eigenvalue weighted by molar-refractivity contribution is 6.30. The van der Waals surface area contributed by atoms with Crippen LogP contribution in [0.25, 0.3) is 5.70 Å². The molecule has 2 aliphatic rings. The normalized spacial score (nSPS) is 19.4. The van der Waals surface area contributed by atoms with E-state index in [0.29, 0.717) is 23.8 Å². The molecule has 152 valence electrons. The molecule has 1 saturated carbocycles. The van der Waals surface area contributed by atoms with Crippen LogP contribution in [0.4, 0.5) is 5.69 Å². The summed E-state index contributed by atoms with van der Waals surface area (Å²) in [4.78, 5) is 18.4. The number of hydrogen-bond acceptors (Lipinski definition) is 6. The van der Waals surface area contributed by atoms with Crippen LogP contribution in [0, 0.1) is 10.1 Å². The lowest BCUT2D eigenvalue weighted by Crippen LogP contribution is -2.25. The van der Waals surface area contributed by atoms with Gasteiger partial charge in [-0.2, -0.15) is 0 Å². The topological polar surface area (TPSA) is 76.9 Å². The Morgan fingerprint density at radius 2 is 2.03 bits per heavy atom. The number of rotatable bonds is 8. The number of nitro benzene ring substituents is 1. The van der Waals surface area contributed by atoms with Crippen LogP contribution in [-0.4, -0.2) is 37.1 Å². The maximum atomic E-state index is 11.0. The van der Waals surface area contributed by atoms with E-state index in [9.17, 15) is 10.1 Å². The molecular formula is C21H22ClN3O4. The van der Waals surface area contributed by atoms with E-state index in [1.165, 1.54) is 12.1 Å². The molecule has 29 heavy (non-hydrogen) atoms. The van der Waals surface area contributed by atoms with E-state index in [1.807, 2.05) is 26.2 Å². The van der Waals surface area contributed by atoms with Crippen LogP contribution in [0.5, 0.6) is 5.75 Å². The van der Waals surface area contributed by atoms with Crippen molar-refractivity contribution in [2.75, 3.05) is 27.2 Å². The van der Waals surface area contributed by atoms with Gasteiger partial charge >= 0.3 is 0 Å². The smallest absolute Gasteiger partial charge is 0.269 e. The average Bonchev–Trinajstić information content (AvgIpc) is 3.42. The summed E-state index contributed by atoms with van der Waals surface area (Å²) >= 11 is 6.18. The molecule has 8 heteroatoms. The summed E-state index contributed by atoms with van der Waals surface area (Å²) in [6, 6.07) is 12.0. The van der Waals surface area contributed by atoms with E-state index in [4.69, 9.17) is 21.2 Å². The van der Waals surface area contributed by atoms with Crippen LogP contribution in [-0.2, 0) is 10.4 Å². The van der Waals surface area contributed by atoms with Gasteiger partial charge in [0.1, 0.15) is 5.75 Å². The molecule has 7 nitrogen and oxygen atoms in total. The Kier molecular flexibility index (Phi) is 5.21. The minimum Gasteiger partial charge on any atom is -0.477 e. The third kappa shape index (κ3) is 3.81. The molecule has 1 heterocycles. The lowest BCUT2D eigenvalue weighted by molar-refractivity contribution is -0.384. The first-order chi connectivity index (χ1) is 13.9. The van der Waals surface area contributed by atoms with E-state index >= 15 is 0 Å². The second-order valence-corrected chi connectivity index (χ2v) is 7.95. The molecule has 0 saturated heterocycles. The molecular weight excluding hydrogens is 394 g/mol. The SMILES string of the molecule is CN(C)CCCONC1=C2CC2(c2ccc([N+](=O)[O-])cc2)Oc2cc(Cl)ccc21. The number of ether oxygens (including phenoxy) is 1. The molecule has 2 aromatic carbocycles. The Morgan fingerprint density at radius 1 is 1.28 bits per heavy atom. The second kappa shape index (κ2) is 7.67. The Labute approximate surface area is 174 Å². The summed E-state index contributed by atoms with van der Waals surface area (Å²) in [5, 5.41) is 11.5. The van der Waals surface area contributed by atoms with Crippen molar-refractivity contribution in [3.05, 3.63) is 74.3 Å². The summed E-state index contributed by atoms with van der Waals surface area (Å²) in [5.74, 6) is 0.663. The van der Waals surface area contributed by atoms with Crippen LogP contribution in [0.1, 0.15) is 24.0 Å². The lowest BCUT2D eigenvalue weighted by atomic mass is 10.0. The highest BCUT2D eigenvalue weighted by Crippen LogP contribution is 2.61. The Hall–Kier alpha value is -2.61. The summed E-state index contributed by atoms with van der Waals surface area (Å²) < 4.78 is 6.34. The molecule has 0 spiro atoms. The number of benzene rings is 2. The Bertz CT molecular complexity index is 974. The maximum absolute atomic E-state index is 11.0. The summed E-state index contributed by atoms with van der Waals surface area (Å²) in [7, 11) is 4.05. The number of fused-ring (bicyclic) bond motifs is 2. The van der Waals surface area contributed by atoms with Gasteiger partial charge in [0.15, 0.2) is 5.60 Å². The quantitative estimate of drug-likeness (QED) is 0.397. The number of nitrogens with one attached hydrogen (secondary N) is 1. The van der Waals surface area contributed by atoms with Crippen molar-refractivity contribution in [3.8, 4) is 5.75 Å². The zero-order chi connectivity index (χ0) is 20.6. The lowest BCUT2D eigenvalue weighted by Gasteiger charge is -2.26. The second-order valence-electron chi connectivity index (χ2n) is 7.51. The zero-order valence-corrected chi connectivity index (χ0v) is 17.0. The van der Waals surface area contributed by atoms with Gasteiger partial charge in [-0.3, -0.25) is 20.4 Å². The van der Waals surface area contributed by atoms with Crippen molar-refractivity contribution < 1.29 is 14.5 Å². The fourth-order valence-corrected chi connectivity index (χ4v) is 3.77. The molecule has 2 aromatic rings. The van der Waals surface area contributed by atoms with Crippen LogP contribution in [0.2, 0.25) is 5.02 Å². The van der Waals surface area contributed by atoms with Crippen molar-refractivity contribution in [1.29, 1.82) is 0 Å². The van der Waals surface area contributed by atoms with Gasteiger partial charge in [0.25, 0.3) is 5.69 Å². The molecule has 1 atom stereocenters. The van der Waals surface area contributed by atoms with Gasteiger partial charge in [-0.25, -0.2) is 0 Å². The van der Waals surface area contributed by atoms with Gasteiger partial charge in [-0.1, -0.05) is 11.6 Å². The minimum atomic E-state index is -0.637. The zero-order valence-electron chi connectivity index (χ0n) is 16.3. The van der Waals surface area contributed by atoms with Crippen LogP contribution in [0.15, 0.2) is 48.0 Å². The predicted octanol–water partition coefficient (Wildman–Crippen LogP) is 4.12. The first kappa shape index (κ1) is 19.7. The first-order valence-corrected chi connectivity index (χ1v) is 9.78. The van der Waals surface area contributed by atoms with Gasteiger partial charge in [0.05, 0.1) is 17.2 Å². The molecule has 4 rings (SSSR count). The molecule has 1 fully saturated rings. The van der Waals surface area contributed by atoms with E-state index in [2.05, 4.69) is 10.4 Å². The summed E-state index contributed by atoms with van der Waals surface area (Å²) in [6.07, 6.45) is 1.58. The van der Waals surface area contributed by atoms with Crippen LogP contribution >= 0.6 is 11.6 Å². The van der Waals surface area contributed by atoms with Crippen molar-refractivity contribution >= 4 is 23.0 Å². The van der Waals surface area contributed by atoms with Gasteiger partial charge in [0, 0.05) is 40.3 Å². The van der Waals surface area contributed by atoms with Crippen molar-refractivity contribution in [2.24, 2.45) is 0 Å². The van der Waals surface area contributed by atoms with Crippen molar-refractivity contribution in [3.63, 3.8) is 0 Å². The maximum Gasteiger partial charge on any atom is 0.269 e. The predicted molar refractivity (Wildman–Crippen MR) is 111 cm³/mol. The fraction of sp³-hybridized carbons (Fsp3) is 0.333. The van der Waals surface area contributed by atoms with E-state index in [0.717, 1.165) is 35.4 Å². The molecule has 1 unspecified atom stereocenters.